The summed E-state index contributed by atoms with van der Waals surface area (Å²) in [5.74, 6) is -0.144. The van der Waals surface area contributed by atoms with Gasteiger partial charge in [0.2, 0.25) is 5.95 Å². The summed E-state index contributed by atoms with van der Waals surface area (Å²) in [6, 6.07) is 9.20. The van der Waals surface area contributed by atoms with Crippen LogP contribution in [0.4, 0.5) is 16.0 Å². The Bertz CT molecular complexity index is 1530. The minimum atomic E-state index is -0.535. The lowest BCUT2D eigenvalue weighted by molar-refractivity contribution is 0.458. The quantitative estimate of drug-likeness (QED) is 0.373. The number of aromatic nitrogens is 4. The van der Waals surface area contributed by atoms with Gasteiger partial charge < -0.3 is 10.6 Å². The number of fused-ring (bicyclic) bond motifs is 2. The molecule has 0 atom stereocenters. The van der Waals surface area contributed by atoms with Gasteiger partial charge in [-0.2, -0.15) is 4.98 Å². The lowest BCUT2D eigenvalue weighted by Crippen LogP contribution is -2.25. The van der Waals surface area contributed by atoms with Crippen LogP contribution in [0.1, 0.15) is 57.4 Å². The maximum atomic E-state index is 16.0. The highest BCUT2D eigenvalue weighted by molar-refractivity contribution is 6.31. The molecule has 7 nitrogen and oxygen atoms in total. The molecule has 1 aliphatic rings. The molecule has 0 saturated carbocycles. The average Bonchev–Trinajstić information content (AvgIpc) is 3.10. The molecule has 0 amide bonds. The van der Waals surface area contributed by atoms with Crippen molar-refractivity contribution >= 4 is 34.3 Å². The second-order valence-corrected chi connectivity index (χ2v) is 10.9. The van der Waals surface area contributed by atoms with E-state index < -0.39 is 11.2 Å². The standard InChI is InChI=1S/C27H30ClFN6O/c1-15(2)34-25(36)19-14-31-26(32-18-7-6-17-13-30-11-10-16(17)12-18)33-24(19)35(34)21-9-8-20(28)22(23(21)29)27(3,4)5/h6-9,12,14-15,30H,10-11,13H2,1-5H3,(H,31,32,33). The molecular weight excluding hydrogens is 479 g/mol. The molecule has 9 heteroatoms. The highest BCUT2D eigenvalue weighted by Crippen LogP contribution is 2.35. The first kappa shape index (κ1) is 24.5. The molecule has 2 N–H and O–H groups in total. The Kier molecular flexibility index (Phi) is 6.12. The van der Waals surface area contributed by atoms with Gasteiger partial charge in [0, 0.05) is 35.1 Å². The molecule has 0 saturated heterocycles. The number of anilines is 2. The molecule has 4 aromatic rings. The van der Waals surface area contributed by atoms with Gasteiger partial charge in [0.1, 0.15) is 11.1 Å². The zero-order valence-corrected chi connectivity index (χ0v) is 21.9. The molecule has 3 heterocycles. The van der Waals surface area contributed by atoms with E-state index in [0.717, 1.165) is 25.2 Å². The van der Waals surface area contributed by atoms with Crippen molar-refractivity contribution in [2.45, 2.75) is 59.0 Å². The van der Waals surface area contributed by atoms with Gasteiger partial charge >= 0.3 is 0 Å². The molecule has 0 bridgehead atoms. The summed E-state index contributed by atoms with van der Waals surface area (Å²) < 4.78 is 19.1. The lowest BCUT2D eigenvalue weighted by atomic mass is 9.86. The maximum Gasteiger partial charge on any atom is 0.278 e. The fourth-order valence-electron chi connectivity index (χ4n) is 4.83. The minimum Gasteiger partial charge on any atom is -0.324 e. The summed E-state index contributed by atoms with van der Waals surface area (Å²) in [6.45, 7) is 11.3. The van der Waals surface area contributed by atoms with Crippen molar-refractivity contribution in [2.24, 2.45) is 0 Å². The largest absolute Gasteiger partial charge is 0.324 e. The van der Waals surface area contributed by atoms with Gasteiger partial charge in [-0.05, 0) is 67.6 Å². The van der Waals surface area contributed by atoms with E-state index in [1.165, 1.54) is 22.0 Å². The second kappa shape index (κ2) is 9.01. The van der Waals surface area contributed by atoms with Crippen LogP contribution < -0.4 is 16.2 Å². The highest BCUT2D eigenvalue weighted by Gasteiger charge is 2.28. The fraction of sp³-hybridized carbons (Fsp3) is 0.370. The van der Waals surface area contributed by atoms with Crippen LogP contribution >= 0.6 is 11.6 Å². The molecule has 0 fully saturated rings. The number of nitrogens with zero attached hydrogens (tertiary/aromatic N) is 4. The number of benzene rings is 2. The number of hydrogen-bond donors (Lipinski definition) is 2. The molecule has 1 aliphatic heterocycles. The summed E-state index contributed by atoms with van der Waals surface area (Å²) in [5.41, 5.74) is 3.54. The summed E-state index contributed by atoms with van der Waals surface area (Å²) in [5, 5.41) is 7.29. The Hall–Kier alpha value is -3.23. The molecule has 5 rings (SSSR count). The Labute approximate surface area is 214 Å². The summed E-state index contributed by atoms with van der Waals surface area (Å²) in [7, 11) is 0. The van der Waals surface area contributed by atoms with Crippen LogP contribution in [0.5, 0.6) is 0 Å². The number of rotatable bonds is 4. The Morgan fingerprint density at radius 1 is 1.17 bits per heavy atom. The van der Waals surface area contributed by atoms with Crippen LogP contribution in [-0.4, -0.2) is 25.9 Å². The minimum absolute atomic E-state index is 0.219. The first-order valence-electron chi connectivity index (χ1n) is 12.1. The number of halogens is 2. The molecule has 0 spiro atoms. The van der Waals surface area contributed by atoms with Crippen LogP contribution in [0.15, 0.2) is 41.3 Å². The maximum absolute atomic E-state index is 16.0. The van der Waals surface area contributed by atoms with Crippen LogP contribution in [-0.2, 0) is 18.4 Å². The van der Waals surface area contributed by atoms with Crippen molar-refractivity contribution in [3.63, 3.8) is 0 Å². The van der Waals surface area contributed by atoms with Crippen molar-refractivity contribution in [1.29, 1.82) is 0 Å². The van der Waals surface area contributed by atoms with E-state index in [2.05, 4.69) is 32.7 Å². The zero-order valence-electron chi connectivity index (χ0n) is 21.1. The Morgan fingerprint density at radius 3 is 2.67 bits per heavy atom. The Balaban J connectivity index is 1.68. The van der Waals surface area contributed by atoms with Crippen LogP contribution in [0.3, 0.4) is 0 Å². The van der Waals surface area contributed by atoms with E-state index in [1.54, 1.807) is 16.8 Å². The predicted octanol–water partition coefficient (Wildman–Crippen LogP) is 5.64. The van der Waals surface area contributed by atoms with E-state index in [9.17, 15) is 4.79 Å². The number of hydrogen-bond acceptors (Lipinski definition) is 5. The van der Waals surface area contributed by atoms with Gasteiger partial charge in [0.15, 0.2) is 11.5 Å². The zero-order chi connectivity index (χ0) is 25.8. The highest BCUT2D eigenvalue weighted by atomic mass is 35.5. The van der Waals surface area contributed by atoms with Gasteiger partial charge in [-0.1, -0.05) is 38.4 Å². The van der Waals surface area contributed by atoms with E-state index in [1.807, 2.05) is 40.7 Å². The van der Waals surface area contributed by atoms with Gasteiger partial charge in [-0.25, -0.2) is 18.7 Å². The topological polar surface area (TPSA) is 76.8 Å². The normalized spacial score (nSPS) is 13.9. The molecular formula is C27H30ClFN6O. The van der Waals surface area contributed by atoms with Gasteiger partial charge in [0.25, 0.3) is 5.56 Å². The van der Waals surface area contributed by atoms with Crippen molar-refractivity contribution in [1.82, 2.24) is 24.6 Å². The third kappa shape index (κ3) is 4.18. The third-order valence-electron chi connectivity index (χ3n) is 6.51. The van der Waals surface area contributed by atoms with E-state index >= 15 is 4.39 Å². The second-order valence-electron chi connectivity index (χ2n) is 10.5. The average molecular weight is 509 g/mol. The SMILES string of the molecule is CC(C)n1c(=O)c2cnc(Nc3ccc4c(c3)CCNC4)nc2n1-c1ccc(Cl)c(C(C)(C)C)c1F. The lowest BCUT2D eigenvalue weighted by Gasteiger charge is -2.24. The first-order chi connectivity index (χ1) is 17.1. The summed E-state index contributed by atoms with van der Waals surface area (Å²) >= 11 is 6.41. The molecule has 0 radical (unpaired) electrons. The summed E-state index contributed by atoms with van der Waals surface area (Å²) in [4.78, 5) is 22.4. The van der Waals surface area contributed by atoms with Crippen molar-refractivity contribution in [2.75, 3.05) is 11.9 Å². The van der Waals surface area contributed by atoms with Crippen molar-refractivity contribution in [3.8, 4) is 5.69 Å². The number of nitrogens with one attached hydrogen (secondary N) is 2. The molecule has 2 aromatic heterocycles. The Morgan fingerprint density at radius 2 is 1.94 bits per heavy atom. The van der Waals surface area contributed by atoms with Crippen molar-refractivity contribution < 1.29 is 4.39 Å². The monoisotopic (exact) mass is 508 g/mol. The van der Waals surface area contributed by atoms with Crippen LogP contribution in [0.25, 0.3) is 16.7 Å². The van der Waals surface area contributed by atoms with Gasteiger partial charge in [0.05, 0.1) is 0 Å². The smallest absolute Gasteiger partial charge is 0.278 e. The van der Waals surface area contributed by atoms with E-state index in [4.69, 9.17) is 11.6 Å². The molecule has 188 valence electrons. The third-order valence-corrected chi connectivity index (χ3v) is 6.83. The van der Waals surface area contributed by atoms with E-state index in [-0.39, 0.29) is 17.3 Å². The van der Waals surface area contributed by atoms with Crippen LogP contribution in [0.2, 0.25) is 5.02 Å². The molecule has 0 unspecified atom stereocenters. The molecule has 2 aromatic carbocycles. The first-order valence-corrected chi connectivity index (χ1v) is 12.5. The van der Waals surface area contributed by atoms with Crippen molar-refractivity contribution in [3.05, 3.63) is 74.4 Å². The predicted molar refractivity (Wildman–Crippen MR) is 142 cm³/mol. The summed E-state index contributed by atoms with van der Waals surface area (Å²) in [6.07, 6.45) is 2.46. The van der Waals surface area contributed by atoms with E-state index in [0.29, 0.717) is 27.6 Å². The molecule has 36 heavy (non-hydrogen) atoms. The van der Waals surface area contributed by atoms with Gasteiger partial charge in [-0.15, -0.1) is 0 Å². The van der Waals surface area contributed by atoms with Crippen LogP contribution in [0, 0.1) is 5.82 Å². The van der Waals surface area contributed by atoms with Gasteiger partial charge in [-0.3, -0.25) is 4.79 Å². The fourth-order valence-corrected chi connectivity index (χ4v) is 5.26. The molecule has 0 aliphatic carbocycles.